The lowest BCUT2D eigenvalue weighted by atomic mass is 10.1. The molecule has 2 heterocycles. The van der Waals surface area contributed by atoms with Gasteiger partial charge in [0.05, 0.1) is 19.2 Å². The molecular formula is C16H19N3O2. The Morgan fingerprint density at radius 2 is 2.05 bits per heavy atom. The number of aromatic nitrogens is 2. The van der Waals surface area contributed by atoms with E-state index in [1.54, 1.807) is 7.11 Å². The molecule has 0 aliphatic carbocycles. The molecule has 0 spiro atoms. The molecule has 5 nitrogen and oxygen atoms in total. The van der Waals surface area contributed by atoms with Crippen LogP contribution < -0.4 is 9.64 Å². The normalized spacial score (nSPS) is 14.8. The SMILES string of the molecule is COc1ccc(Cn2cc3c(n2)N(C)CCCC3=O)cc1. The molecule has 0 fully saturated rings. The van der Waals surface area contributed by atoms with Crippen molar-refractivity contribution in [3.05, 3.63) is 41.6 Å². The van der Waals surface area contributed by atoms with E-state index >= 15 is 0 Å². The van der Waals surface area contributed by atoms with Gasteiger partial charge in [0.15, 0.2) is 11.6 Å². The van der Waals surface area contributed by atoms with Crippen LogP contribution in [0.3, 0.4) is 0 Å². The zero-order chi connectivity index (χ0) is 14.8. The number of ether oxygens (including phenoxy) is 1. The molecular weight excluding hydrogens is 266 g/mol. The number of carbonyl (C=O) groups excluding carboxylic acids is 1. The lowest BCUT2D eigenvalue weighted by Gasteiger charge is -2.13. The topological polar surface area (TPSA) is 47.4 Å². The maximum Gasteiger partial charge on any atom is 0.168 e. The van der Waals surface area contributed by atoms with Crippen LogP contribution in [0.1, 0.15) is 28.8 Å². The minimum absolute atomic E-state index is 0.190. The fourth-order valence-corrected chi connectivity index (χ4v) is 2.61. The Bertz CT molecular complexity index is 646. The molecule has 0 unspecified atom stereocenters. The van der Waals surface area contributed by atoms with E-state index in [2.05, 4.69) is 10.00 Å². The fourth-order valence-electron chi connectivity index (χ4n) is 2.61. The predicted molar refractivity (Wildman–Crippen MR) is 81.2 cm³/mol. The first-order valence-electron chi connectivity index (χ1n) is 7.12. The number of nitrogens with zero attached hydrogens (tertiary/aromatic N) is 3. The van der Waals surface area contributed by atoms with Crippen LogP contribution in [0, 0.1) is 0 Å². The summed E-state index contributed by atoms with van der Waals surface area (Å²) in [5.41, 5.74) is 1.87. The van der Waals surface area contributed by atoms with E-state index in [1.807, 2.05) is 42.2 Å². The molecule has 2 aromatic rings. The van der Waals surface area contributed by atoms with Crippen LogP contribution in [0.4, 0.5) is 5.82 Å². The van der Waals surface area contributed by atoms with Gasteiger partial charge in [0, 0.05) is 26.2 Å². The summed E-state index contributed by atoms with van der Waals surface area (Å²) in [5.74, 6) is 1.83. The van der Waals surface area contributed by atoms with E-state index < -0.39 is 0 Å². The highest BCUT2D eigenvalue weighted by atomic mass is 16.5. The Labute approximate surface area is 124 Å². The molecule has 0 amide bonds. The van der Waals surface area contributed by atoms with Crippen LogP contribution >= 0.6 is 0 Å². The standard InChI is InChI=1S/C16H19N3O2/c1-18-9-3-4-15(20)14-11-19(17-16(14)18)10-12-5-7-13(21-2)8-6-12/h5-8,11H,3-4,9-10H2,1-2H3. The number of carbonyl (C=O) groups is 1. The Hall–Kier alpha value is -2.30. The smallest absolute Gasteiger partial charge is 0.168 e. The van der Waals surface area contributed by atoms with E-state index in [0.29, 0.717) is 13.0 Å². The number of hydrogen-bond donors (Lipinski definition) is 0. The number of hydrogen-bond acceptors (Lipinski definition) is 4. The molecule has 1 aliphatic rings. The van der Waals surface area contributed by atoms with Crippen LogP contribution in [0.5, 0.6) is 5.75 Å². The highest BCUT2D eigenvalue weighted by Gasteiger charge is 2.22. The third-order valence-electron chi connectivity index (χ3n) is 3.81. The molecule has 0 saturated carbocycles. The molecule has 0 saturated heterocycles. The van der Waals surface area contributed by atoms with Crippen molar-refractivity contribution in [3.8, 4) is 5.75 Å². The van der Waals surface area contributed by atoms with Crippen LogP contribution in [-0.2, 0) is 6.54 Å². The molecule has 1 aliphatic heterocycles. The minimum Gasteiger partial charge on any atom is -0.497 e. The summed E-state index contributed by atoms with van der Waals surface area (Å²) in [7, 11) is 3.64. The van der Waals surface area contributed by atoms with Gasteiger partial charge in [-0.15, -0.1) is 0 Å². The number of fused-ring (bicyclic) bond motifs is 1. The van der Waals surface area contributed by atoms with Gasteiger partial charge in [0.2, 0.25) is 0 Å². The lowest BCUT2D eigenvalue weighted by Crippen LogP contribution is -2.18. The third kappa shape index (κ3) is 2.77. The van der Waals surface area contributed by atoms with Crippen molar-refractivity contribution in [2.24, 2.45) is 0 Å². The Kier molecular flexibility index (Phi) is 3.64. The molecule has 1 aromatic heterocycles. The maximum atomic E-state index is 12.1. The lowest BCUT2D eigenvalue weighted by molar-refractivity contribution is 0.0983. The van der Waals surface area contributed by atoms with Crippen LogP contribution in [0.2, 0.25) is 0 Å². The quantitative estimate of drug-likeness (QED) is 0.868. The summed E-state index contributed by atoms with van der Waals surface area (Å²) < 4.78 is 6.99. The molecule has 5 heteroatoms. The number of rotatable bonds is 3. The Morgan fingerprint density at radius 1 is 1.29 bits per heavy atom. The van der Waals surface area contributed by atoms with Crippen molar-refractivity contribution in [1.29, 1.82) is 0 Å². The van der Waals surface area contributed by atoms with E-state index in [0.717, 1.165) is 35.7 Å². The molecule has 21 heavy (non-hydrogen) atoms. The molecule has 0 bridgehead atoms. The van der Waals surface area contributed by atoms with Crippen LogP contribution in [-0.4, -0.2) is 36.3 Å². The summed E-state index contributed by atoms with van der Waals surface area (Å²) in [5, 5.41) is 4.57. The van der Waals surface area contributed by atoms with Crippen molar-refractivity contribution in [2.75, 3.05) is 25.6 Å². The van der Waals surface area contributed by atoms with Gasteiger partial charge in [-0.05, 0) is 24.1 Å². The van der Waals surface area contributed by atoms with E-state index in [4.69, 9.17) is 4.74 Å². The van der Waals surface area contributed by atoms with Gasteiger partial charge in [-0.1, -0.05) is 12.1 Å². The first-order chi connectivity index (χ1) is 10.2. The Morgan fingerprint density at radius 3 is 2.76 bits per heavy atom. The first-order valence-corrected chi connectivity index (χ1v) is 7.12. The van der Waals surface area contributed by atoms with E-state index in [-0.39, 0.29) is 5.78 Å². The van der Waals surface area contributed by atoms with E-state index in [9.17, 15) is 4.79 Å². The zero-order valence-corrected chi connectivity index (χ0v) is 12.4. The number of Topliss-reactive ketones (excluding diaryl/α,β-unsaturated/α-hetero) is 1. The predicted octanol–water partition coefficient (Wildman–Crippen LogP) is 2.35. The van der Waals surface area contributed by atoms with Crippen molar-refractivity contribution < 1.29 is 9.53 Å². The van der Waals surface area contributed by atoms with Crippen LogP contribution in [0.25, 0.3) is 0 Å². The third-order valence-corrected chi connectivity index (χ3v) is 3.81. The summed E-state index contributed by atoms with van der Waals surface area (Å²) in [6.45, 7) is 1.52. The molecule has 0 radical (unpaired) electrons. The van der Waals surface area contributed by atoms with Gasteiger partial charge in [-0.3, -0.25) is 9.48 Å². The van der Waals surface area contributed by atoms with Crippen molar-refractivity contribution >= 4 is 11.6 Å². The second-order valence-electron chi connectivity index (χ2n) is 5.36. The second-order valence-corrected chi connectivity index (χ2v) is 5.36. The molecule has 1 aromatic carbocycles. The number of anilines is 1. The highest BCUT2D eigenvalue weighted by molar-refractivity contribution is 6.00. The molecule has 3 rings (SSSR count). The number of benzene rings is 1. The van der Waals surface area contributed by atoms with E-state index in [1.165, 1.54) is 0 Å². The van der Waals surface area contributed by atoms with Gasteiger partial charge in [0.1, 0.15) is 5.75 Å². The average molecular weight is 285 g/mol. The number of methoxy groups -OCH3 is 1. The minimum atomic E-state index is 0.190. The summed E-state index contributed by atoms with van der Waals surface area (Å²) in [6, 6.07) is 7.89. The summed E-state index contributed by atoms with van der Waals surface area (Å²) in [4.78, 5) is 14.2. The number of ketones is 1. The van der Waals surface area contributed by atoms with Crippen LogP contribution in [0.15, 0.2) is 30.5 Å². The van der Waals surface area contributed by atoms with Gasteiger partial charge in [-0.2, -0.15) is 5.10 Å². The monoisotopic (exact) mass is 285 g/mol. The van der Waals surface area contributed by atoms with Gasteiger partial charge < -0.3 is 9.64 Å². The van der Waals surface area contributed by atoms with Gasteiger partial charge >= 0.3 is 0 Å². The average Bonchev–Trinajstić information content (AvgIpc) is 2.86. The van der Waals surface area contributed by atoms with Crippen molar-refractivity contribution in [3.63, 3.8) is 0 Å². The first kappa shape index (κ1) is 13.7. The van der Waals surface area contributed by atoms with Gasteiger partial charge in [-0.25, -0.2) is 0 Å². The van der Waals surface area contributed by atoms with Crippen molar-refractivity contribution in [2.45, 2.75) is 19.4 Å². The summed E-state index contributed by atoms with van der Waals surface area (Å²) >= 11 is 0. The fraction of sp³-hybridized carbons (Fsp3) is 0.375. The summed E-state index contributed by atoms with van der Waals surface area (Å²) in [6.07, 6.45) is 3.36. The molecule has 0 N–H and O–H groups in total. The highest BCUT2D eigenvalue weighted by Crippen LogP contribution is 2.24. The largest absolute Gasteiger partial charge is 0.497 e. The molecule has 110 valence electrons. The Balaban J connectivity index is 1.85. The van der Waals surface area contributed by atoms with Gasteiger partial charge in [0.25, 0.3) is 0 Å². The second kappa shape index (κ2) is 5.60. The van der Waals surface area contributed by atoms with Crippen molar-refractivity contribution in [1.82, 2.24) is 9.78 Å². The maximum absolute atomic E-state index is 12.1. The molecule has 0 atom stereocenters. The zero-order valence-electron chi connectivity index (χ0n) is 12.4.